The normalized spacial score (nSPS) is 12.6. The summed E-state index contributed by atoms with van der Waals surface area (Å²) in [5.74, 6) is -0.136. The number of ketones is 1. The Labute approximate surface area is 97.2 Å². The zero-order valence-electron chi connectivity index (χ0n) is 7.95. The minimum absolute atomic E-state index is 0.136. The van der Waals surface area contributed by atoms with E-state index in [0.29, 0.717) is 5.56 Å². The Bertz CT molecular complexity index is 352. The van der Waals surface area contributed by atoms with Gasteiger partial charge in [-0.15, -0.1) is 12.6 Å². The van der Waals surface area contributed by atoms with Gasteiger partial charge in [0.15, 0.2) is 5.44 Å². The van der Waals surface area contributed by atoms with Crippen molar-refractivity contribution in [3.8, 4) is 0 Å². The van der Waals surface area contributed by atoms with E-state index in [1.807, 2.05) is 19.1 Å². The Morgan fingerprint density at radius 2 is 2.21 bits per heavy atom. The van der Waals surface area contributed by atoms with Gasteiger partial charge < -0.3 is 4.74 Å². The number of methoxy groups -OCH3 is 1. The van der Waals surface area contributed by atoms with Crippen LogP contribution < -0.4 is 0 Å². The predicted molar refractivity (Wildman–Crippen MR) is 63.0 cm³/mol. The number of hydrogen-bond acceptors (Lipinski definition) is 3. The standard InChI is InChI=1S/C10H11BrO2S/c1-6-3-4-7(8(11)5-6)9(12)10(14)13-2/h3-5,10,14H,1-2H3. The highest BCUT2D eigenvalue weighted by Crippen LogP contribution is 2.21. The van der Waals surface area contributed by atoms with Gasteiger partial charge in [0.2, 0.25) is 5.78 Å². The molecule has 0 aromatic heterocycles. The molecule has 2 nitrogen and oxygen atoms in total. The number of thiol groups is 1. The number of benzene rings is 1. The quantitative estimate of drug-likeness (QED) is 0.521. The molecule has 4 heteroatoms. The van der Waals surface area contributed by atoms with Gasteiger partial charge >= 0.3 is 0 Å². The van der Waals surface area contributed by atoms with Crippen LogP contribution in [0.25, 0.3) is 0 Å². The van der Waals surface area contributed by atoms with Crippen LogP contribution in [-0.4, -0.2) is 18.3 Å². The molecule has 0 radical (unpaired) electrons. The molecule has 14 heavy (non-hydrogen) atoms. The van der Waals surface area contributed by atoms with E-state index in [-0.39, 0.29) is 5.78 Å². The monoisotopic (exact) mass is 274 g/mol. The van der Waals surface area contributed by atoms with Crippen LogP contribution in [0.2, 0.25) is 0 Å². The van der Waals surface area contributed by atoms with E-state index in [0.717, 1.165) is 10.0 Å². The highest BCUT2D eigenvalue weighted by atomic mass is 79.9. The van der Waals surface area contributed by atoms with Crippen LogP contribution in [0.3, 0.4) is 0 Å². The summed E-state index contributed by atoms with van der Waals surface area (Å²) in [6, 6.07) is 5.54. The lowest BCUT2D eigenvalue weighted by Crippen LogP contribution is -2.17. The Hall–Kier alpha value is -0.320. The summed E-state index contributed by atoms with van der Waals surface area (Å²) in [4.78, 5) is 11.7. The molecule has 0 bridgehead atoms. The van der Waals surface area contributed by atoms with Gasteiger partial charge in [-0.3, -0.25) is 4.79 Å². The highest BCUT2D eigenvalue weighted by Gasteiger charge is 2.17. The molecule has 0 fully saturated rings. The molecule has 0 heterocycles. The molecule has 1 atom stereocenters. The summed E-state index contributed by atoms with van der Waals surface area (Å²) in [6.07, 6.45) is 0. The molecule has 0 aliphatic carbocycles. The molecule has 76 valence electrons. The zero-order chi connectivity index (χ0) is 10.7. The second kappa shape index (κ2) is 4.96. The third-order valence-electron chi connectivity index (χ3n) is 1.84. The summed E-state index contributed by atoms with van der Waals surface area (Å²) in [5, 5.41) is 0. The molecule has 1 aromatic rings. The summed E-state index contributed by atoms with van der Waals surface area (Å²) in [7, 11) is 1.46. The van der Waals surface area contributed by atoms with Crippen molar-refractivity contribution in [1.29, 1.82) is 0 Å². The first-order valence-corrected chi connectivity index (χ1v) is 5.38. The maximum atomic E-state index is 11.7. The molecular weight excluding hydrogens is 264 g/mol. The van der Waals surface area contributed by atoms with Gasteiger partial charge in [0.25, 0.3) is 0 Å². The topological polar surface area (TPSA) is 26.3 Å². The summed E-state index contributed by atoms with van der Waals surface area (Å²) in [5.41, 5.74) is 0.994. The van der Waals surface area contributed by atoms with Gasteiger partial charge in [-0.1, -0.05) is 22.0 Å². The van der Waals surface area contributed by atoms with E-state index >= 15 is 0 Å². The lowest BCUT2D eigenvalue weighted by Gasteiger charge is -2.09. The van der Waals surface area contributed by atoms with Crippen molar-refractivity contribution in [1.82, 2.24) is 0 Å². The van der Waals surface area contributed by atoms with Gasteiger partial charge in [0.05, 0.1) is 0 Å². The van der Waals surface area contributed by atoms with Crippen LogP contribution in [0.15, 0.2) is 22.7 Å². The van der Waals surface area contributed by atoms with Crippen LogP contribution in [0, 0.1) is 6.92 Å². The van der Waals surface area contributed by atoms with Crippen molar-refractivity contribution >= 4 is 34.3 Å². The van der Waals surface area contributed by atoms with Crippen molar-refractivity contribution in [2.75, 3.05) is 7.11 Å². The smallest absolute Gasteiger partial charge is 0.202 e. The van der Waals surface area contributed by atoms with E-state index in [1.165, 1.54) is 7.11 Å². The third kappa shape index (κ3) is 2.59. The number of ether oxygens (including phenoxy) is 1. The fourth-order valence-electron chi connectivity index (χ4n) is 1.06. The number of carbonyl (C=O) groups is 1. The number of aryl methyl sites for hydroxylation is 1. The minimum atomic E-state index is -0.700. The molecule has 0 aliphatic heterocycles. The molecule has 0 aliphatic rings. The van der Waals surface area contributed by atoms with E-state index in [2.05, 4.69) is 28.6 Å². The molecule has 1 unspecified atom stereocenters. The lowest BCUT2D eigenvalue weighted by atomic mass is 10.1. The molecule has 0 amide bonds. The second-order valence-corrected chi connectivity index (χ2v) is 4.26. The molecule has 1 aromatic carbocycles. The molecule has 0 spiro atoms. The Kier molecular flexibility index (Phi) is 4.16. The SMILES string of the molecule is COC(S)C(=O)c1ccc(C)cc1Br. The Balaban J connectivity index is 3.02. The van der Waals surface area contributed by atoms with Crippen LogP contribution in [0.4, 0.5) is 0 Å². The van der Waals surface area contributed by atoms with Crippen LogP contribution in [0.5, 0.6) is 0 Å². The Morgan fingerprint density at radius 1 is 1.57 bits per heavy atom. The van der Waals surface area contributed by atoms with Crippen LogP contribution >= 0.6 is 28.6 Å². The first-order valence-electron chi connectivity index (χ1n) is 4.07. The van der Waals surface area contributed by atoms with Gasteiger partial charge in [-0.2, -0.15) is 0 Å². The van der Waals surface area contributed by atoms with E-state index in [1.54, 1.807) is 6.07 Å². The van der Waals surface area contributed by atoms with E-state index in [4.69, 9.17) is 4.74 Å². The lowest BCUT2D eigenvalue weighted by molar-refractivity contribution is 0.0796. The average Bonchev–Trinajstić information content (AvgIpc) is 2.15. The number of Topliss-reactive ketones (excluding diaryl/α,β-unsaturated/α-hetero) is 1. The number of rotatable bonds is 3. The van der Waals surface area contributed by atoms with Crippen molar-refractivity contribution in [3.05, 3.63) is 33.8 Å². The average molecular weight is 275 g/mol. The van der Waals surface area contributed by atoms with Crippen molar-refractivity contribution < 1.29 is 9.53 Å². The molecule has 0 saturated heterocycles. The van der Waals surface area contributed by atoms with Gasteiger partial charge in [-0.25, -0.2) is 0 Å². The maximum absolute atomic E-state index is 11.7. The number of carbonyl (C=O) groups excluding carboxylic acids is 1. The van der Waals surface area contributed by atoms with Gasteiger partial charge in [0, 0.05) is 17.1 Å². The van der Waals surface area contributed by atoms with Crippen molar-refractivity contribution in [3.63, 3.8) is 0 Å². The Morgan fingerprint density at radius 3 is 2.71 bits per heavy atom. The van der Waals surface area contributed by atoms with Crippen molar-refractivity contribution in [2.45, 2.75) is 12.4 Å². The van der Waals surface area contributed by atoms with Gasteiger partial charge in [-0.05, 0) is 24.6 Å². The second-order valence-electron chi connectivity index (χ2n) is 2.94. The molecule has 0 N–H and O–H groups in total. The minimum Gasteiger partial charge on any atom is -0.363 e. The van der Waals surface area contributed by atoms with Crippen molar-refractivity contribution in [2.24, 2.45) is 0 Å². The van der Waals surface area contributed by atoms with E-state index < -0.39 is 5.44 Å². The summed E-state index contributed by atoms with van der Waals surface area (Å²) in [6.45, 7) is 1.97. The maximum Gasteiger partial charge on any atom is 0.202 e. The summed E-state index contributed by atoms with van der Waals surface area (Å²) >= 11 is 7.35. The molecule has 1 rings (SSSR count). The third-order valence-corrected chi connectivity index (χ3v) is 2.94. The highest BCUT2D eigenvalue weighted by molar-refractivity contribution is 9.10. The largest absolute Gasteiger partial charge is 0.363 e. The van der Waals surface area contributed by atoms with Crippen LogP contribution in [0.1, 0.15) is 15.9 Å². The first-order chi connectivity index (χ1) is 6.56. The molecular formula is C10H11BrO2S. The first kappa shape index (κ1) is 11.8. The zero-order valence-corrected chi connectivity index (χ0v) is 10.4. The predicted octanol–water partition coefficient (Wildman–Crippen LogP) is 2.84. The number of hydrogen-bond donors (Lipinski definition) is 1. The van der Waals surface area contributed by atoms with Gasteiger partial charge in [0.1, 0.15) is 0 Å². The fourth-order valence-corrected chi connectivity index (χ4v) is 1.89. The molecule has 0 saturated carbocycles. The van der Waals surface area contributed by atoms with Crippen LogP contribution in [-0.2, 0) is 4.74 Å². The summed E-state index contributed by atoms with van der Waals surface area (Å²) < 4.78 is 5.62. The van der Waals surface area contributed by atoms with E-state index in [9.17, 15) is 4.79 Å². The number of halogens is 1. The fraction of sp³-hybridized carbons (Fsp3) is 0.300.